The molecule has 1 aromatic rings. The second-order valence-corrected chi connectivity index (χ2v) is 5.08. The molecule has 0 radical (unpaired) electrons. The first-order valence-corrected chi connectivity index (χ1v) is 6.90. The standard InChI is InChI=1S/C13H21N5O2/c1-3-18-11(10(14)8(2)16-18)13(20)17-7-5-4-6-9(17)12(15)19/h9H,3-7,14H2,1-2H3,(H2,15,19). The third kappa shape index (κ3) is 2.35. The van der Waals surface area contributed by atoms with Gasteiger partial charge >= 0.3 is 0 Å². The number of hydrogen-bond acceptors (Lipinski definition) is 4. The molecular weight excluding hydrogens is 258 g/mol. The quantitative estimate of drug-likeness (QED) is 0.828. The third-order valence-electron chi connectivity index (χ3n) is 3.77. The number of likely N-dealkylation sites (tertiary alicyclic amines) is 1. The average molecular weight is 279 g/mol. The van der Waals surface area contributed by atoms with Gasteiger partial charge in [-0.25, -0.2) is 0 Å². The lowest BCUT2D eigenvalue weighted by Crippen LogP contribution is -2.51. The number of rotatable bonds is 3. The summed E-state index contributed by atoms with van der Waals surface area (Å²) in [7, 11) is 0. The van der Waals surface area contributed by atoms with E-state index in [4.69, 9.17) is 11.5 Å². The number of nitrogen functional groups attached to an aromatic ring is 1. The molecule has 2 rings (SSSR count). The fraction of sp³-hybridized carbons (Fsp3) is 0.615. The van der Waals surface area contributed by atoms with Crippen molar-refractivity contribution in [1.82, 2.24) is 14.7 Å². The van der Waals surface area contributed by atoms with Crippen molar-refractivity contribution >= 4 is 17.5 Å². The summed E-state index contributed by atoms with van der Waals surface area (Å²) in [5, 5.41) is 4.24. The van der Waals surface area contributed by atoms with Crippen molar-refractivity contribution in [3.63, 3.8) is 0 Å². The first-order chi connectivity index (χ1) is 9.47. The molecule has 2 amide bonds. The van der Waals surface area contributed by atoms with Gasteiger partial charge in [0.2, 0.25) is 5.91 Å². The van der Waals surface area contributed by atoms with E-state index in [2.05, 4.69) is 5.10 Å². The summed E-state index contributed by atoms with van der Waals surface area (Å²) in [5.74, 6) is -0.718. The van der Waals surface area contributed by atoms with Gasteiger partial charge in [0.25, 0.3) is 5.91 Å². The van der Waals surface area contributed by atoms with Crippen LogP contribution < -0.4 is 11.5 Å². The van der Waals surface area contributed by atoms with Crippen LogP contribution in [-0.4, -0.2) is 39.1 Å². The Morgan fingerprint density at radius 1 is 1.40 bits per heavy atom. The lowest BCUT2D eigenvalue weighted by molar-refractivity contribution is -0.123. The molecule has 1 aliphatic rings. The molecule has 20 heavy (non-hydrogen) atoms. The molecule has 1 atom stereocenters. The lowest BCUT2D eigenvalue weighted by atomic mass is 10.0. The monoisotopic (exact) mass is 279 g/mol. The number of aromatic nitrogens is 2. The van der Waals surface area contributed by atoms with Crippen LogP contribution in [0.5, 0.6) is 0 Å². The van der Waals surface area contributed by atoms with Crippen molar-refractivity contribution < 1.29 is 9.59 Å². The molecule has 1 aromatic heterocycles. The Kier molecular flexibility index (Phi) is 3.96. The molecule has 1 unspecified atom stereocenters. The number of nitrogens with zero attached hydrogens (tertiary/aromatic N) is 3. The highest BCUT2D eigenvalue weighted by Crippen LogP contribution is 2.23. The van der Waals surface area contributed by atoms with E-state index in [1.54, 1.807) is 11.6 Å². The number of hydrogen-bond donors (Lipinski definition) is 2. The molecule has 1 fully saturated rings. The molecule has 4 N–H and O–H groups in total. The fourth-order valence-corrected chi connectivity index (χ4v) is 2.66. The van der Waals surface area contributed by atoms with E-state index in [0.717, 1.165) is 12.8 Å². The first kappa shape index (κ1) is 14.4. The number of carbonyl (C=O) groups is 2. The summed E-state index contributed by atoms with van der Waals surface area (Å²) in [6.07, 6.45) is 2.38. The second-order valence-electron chi connectivity index (χ2n) is 5.08. The molecule has 0 saturated carbocycles. The van der Waals surface area contributed by atoms with Gasteiger partial charge in [0.15, 0.2) is 0 Å². The number of nitrogens with two attached hydrogens (primary N) is 2. The summed E-state index contributed by atoms with van der Waals surface area (Å²) in [5.41, 5.74) is 12.7. The highest BCUT2D eigenvalue weighted by Gasteiger charge is 2.34. The maximum Gasteiger partial charge on any atom is 0.274 e. The van der Waals surface area contributed by atoms with Gasteiger partial charge in [-0.05, 0) is 33.1 Å². The maximum atomic E-state index is 12.7. The van der Waals surface area contributed by atoms with Gasteiger partial charge in [-0.2, -0.15) is 5.10 Å². The molecule has 0 aliphatic carbocycles. The molecular formula is C13H21N5O2. The summed E-state index contributed by atoms with van der Waals surface area (Å²) in [6, 6.07) is -0.545. The summed E-state index contributed by atoms with van der Waals surface area (Å²) in [6.45, 7) is 4.73. The lowest BCUT2D eigenvalue weighted by Gasteiger charge is -2.33. The van der Waals surface area contributed by atoms with E-state index in [1.165, 1.54) is 4.90 Å². The van der Waals surface area contributed by atoms with Gasteiger partial charge in [0, 0.05) is 13.1 Å². The Morgan fingerprint density at radius 2 is 2.10 bits per heavy atom. The van der Waals surface area contributed by atoms with Crippen molar-refractivity contribution in [2.45, 2.75) is 45.7 Å². The average Bonchev–Trinajstić information content (AvgIpc) is 2.73. The highest BCUT2D eigenvalue weighted by atomic mass is 16.2. The number of amides is 2. The van der Waals surface area contributed by atoms with Crippen molar-refractivity contribution in [2.24, 2.45) is 5.73 Å². The van der Waals surface area contributed by atoms with Gasteiger partial charge in [0.05, 0.1) is 11.4 Å². The maximum absolute atomic E-state index is 12.7. The van der Waals surface area contributed by atoms with Crippen LogP contribution in [0.15, 0.2) is 0 Å². The van der Waals surface area contributed by atoms with Crippen LogP contribution in [0, 0.1) is 6.92 Å². The number of aryl methyl sites for hydroxylation is 2. The summed E-state index contributed by atoms with van der Waals surface area (Å²) >= 11 is 0. The second kappa shape index (κ2) is 5.52. The Labute approximate surface area is 117 Å². The van der Waals surface area contributed by atoms with Crippen LogP contribution in [0.4, 0.5) is 5.69 Å². The highest BCUT2D eigenvalue weighted by molar-refractivity contribution is 6.00. The molecule has 0 aromatic carbocycles. The fourth-order valence-electron chi connectivity index (χ4n) is 2.66. The van der Waals surface area contributed by atoms with E-state index >= 15 is 0 Å². The van der Waals surface area contributed by atoms with Crippen LogP contribution >= 0.6 is 0 Å². The van der Waals surface area contributed by atoms with Gasteiger partial charge in [-0.1, -0.05) is 0 Å². The minimum absolute atomic E-state index is 0.256. The first-order valence-electron chi connectivity index (χ1n) is 6.90. The molecule has 2 heterocycles. The van der Waals surface area contributed by atoms with Crippen LogP contribution in [0.2, 0.25) is 0 Å². The smallest absolute Gasteiger partial charge is 0.274 e. The van der Waals surface area contributed by atoms with E-state index in [9.17, 15) is 9.59 Å². The number of anilines is 1. The topological polar surface area (TPSA) is 107 Å². The van der Waals surface area contributed by atoms with E-state index in [-0.39, 0.29) is 5.91 Å². The van der Waals surface area contributed by atoms with Crippen molar-refractivity contribution in [1.29, 1.82) is 0 Å². The zero-order valence-corrected chi connectivity index (χ0v) is 11.9. The minimum atomic E-state index is -0.545. The van der Waals surface area contributed by atoms with E-state index in [1.807, 2.05) is 6.92 Å². The van der Waals surface area contributed by atoms with Crippen LogP contribution in [-0.2, 0) is 11.3 Å². The van der Waals surface area contributed by atoms with Gasteiger partial charge in [-0.3, -0.25) is 14.3 Å². The van der Waals surface area contributed by atoms with Crippen LogP contribution in [0.3, 0.4) is 0 Å². The molecule has 7 heteroatoms. The normalized spacial score (nSPS) is 19.1. The Hall–Kier alpha value is -2.05. The van der Waals surface area contributed by atoms with Crippen molar-refractivity contribution in [3.8, 4) is 0 Å². The predicted octanol–water partition coefficient (Wildman–Crippen LogP) is 0.274. The Bertz CT molecular complexity index is 537. The largest absolute Gasteiger partial charge is 0.395 e. The third-order valence-corrected chi connectivity index (χ3v) is 3.77. The molecule has 1 aliphatic heterocycles. The van der Waals surface area contributed by atoms with Crippen molar-refractivity contribution in [2.75, 3.05) is 12.3 Å². The zero-order chi connectivity index (χ0) is 14.9. The SMILES string of the molecule is CCn1nc(C)c(N)c1C(=O)N1CCCCC1C(N)=O. The minimum Gasteiger partial charge on any atom is -0.395 e. The van der Waals surface area contributed by atoms with Crippen molar-refractivity contribution in [3.05, 3.63) is 11.4 Å². The predicted molar refractivity (Wildman–Crippen MR) is 74.9 cm³/mol. The number of primary amides is 1. The van der Waals surface area contributed by atoms with Crippen LogP contribution in [0.1, 0.15) is 42.4 Å². The summed E-state index contributed by atoms with van der Waals surface area (Å²) < 4.78 is 1.58. The molecule has 110 valence electrons. The van der Waals surface area contributed by atoms with Gasteiger partial charge in [0.1, 0.15) is 11.7 Å². The van der Waals surface area contributed by atoms with Gasteiger partial charge < -0.3 is 16.4 Å². The van der Waals surface area contributed by atoms with E-state index < -0.39 is 11.9 Å². The number of piperidine rings is 1. The van der Waals surface area contributed by atoms with Gasteiger partial charge in [-0.15, -0.1) is 0 Å². The zero-order valence-electron chi connectivity index (χ0n) is 11.9. The number of carbonyl (C=O) groups excluding carboxylic acids is 2. The molecule has 0 spiro atoms. The Morgan fingerprint density at radius 3 is 2.70 bits per heavy atom. The molecule has 7 nitrogen and oxygen atoms in total. The Balaban J connectivity index is 2.37. The summed E-state index contributed by atoms with van der Waals surface area (Å²) in [4.78, 5) is 25.8. The molecule has 1 saturated heterocycles. The molecule has 0 bridgehead atoms. The van der Waals surface area contributed by atoms with Crippen LogP contribution in [0.25, 0.3) is 0 Å². The van der Waals surface area contributed by atoms with E-state index in [0.29, 0.717) is 36.6 Å².